The molecule has 0 aliphatic heterocycles. The molecule has 0 radical (unpaired) electrons. The zero-order valence-electron chi connectivity index (χ0n) is 4.76. The second-order valence-corrected chi connectivity index (χ2v) is 18.5. The Morgan fingerprint density at radius 2 is 1.43 bits per heavy atom. The predicted octanol–water partition coefficient (Wildman–Crippen LogP) is -2.16. The number of rotatable bonds is 2. The summed E-state index contributed by atoms with van der Waals surface area (Å²) in [5.41, 5.74) is 0. The highest BCUT2D eigenvalue weighted by Crippen LogP contribution is 1.73. The summed E-state index contributed by atoms with van der Waals surface area (Å²) in [5.74, 6) is 0. The summed E-state index contributed by atoms with van der Waals surface area (Å²) in [6.45, 7) is 3.79. The molecule has 0 rings (SSSR count). The van der Waals surface area contributed by atoms with Crippen LogP contribution in [0.1, 0.15) is 0 Å². The Labute approximate surface area is 49.0 Å². The van der Waals surface area contributed by atoms with E-state index in [1.807, 2.05) is 13.1 Å². The van der Waals surface area contributed by atoms with Crippen LogP contribution in [0.25, 0.3) is 0 Å². The molecule has 0 amide bonds. The molecule has 0 aliphatic rings. The monoisotopic (exact) mass is 152 g/mol. The molecule has 5 heteroatoms. The predicted molar refractivity (Wildman–Crippen MR) is 39.0 cm³/mol. The maximum Gasteiger partial charge on any atom is 0.150 e. The van der Waals surface area contributed by atoms with Crippen LogP contribution in [0.4, 0.5) is 0 Å². The maximum absolute atomic E-state index is 8.80. The summed E-state index contributed by atoms with van der Waals surface area (Å²) >= 11 is 0. The molecular weight excluding hydrogens is 140 g/mol. The zero-order chi connectivity index (χ0) is 5.86. The van der Waals surface area contributed by atoms with Gasteiger partial charge in [-0.25, -0.2) is 0 Å². The second kappa shape index (κ2) is 3.56. The van der Waals surface area contributed by atoms with Crippen molar-refractivity contribution in [3.05, 3.63) is 0 Å². The van der Waals surface area contributed by atoms with Crippen molar-refractivity contribution >= 4 is 25.7 Å². The molecule has 0 saturated heterocycles. The molecule has 0 aliphatic carbocycles. The molecule has 2 unspecified atom stereocenters. The lowest BCUT2D eigenvalue weighted by Crippen LogP contribution is -2.31. The minimum atomic E-state index is -1.28. The zero-order valence-corrected chi connectivity index (χ0v) is 8.48. The normalized spacial score (nSPS) is 20.6. The Balaban J connectivity index is 2.95. The fraction of sp³-hybridized carbons (Fsp3) is 1.00. The van der Waals surface area contributed by atoms with E-state index in [0.29, 0.717) is 0 Å². The molecule has 7 heavy (non-hydrogen) atoms. The Hall–Kier alpha value is 0.571. The van der Waals surface area contributed by atoms with Gasteiger partial charge in [0.2, 0.25) is 0 Å². The first kappa shape index (κ1) is 7.57. The molecule has 0 aromatic carbocycles. The molecule has 44 valence electrons. The van der Waals surface area contributed by atoms with E-state index in [2.05, 4.69) is 0 Å². The smallest absolute Gasteiger partial charge is 0.150 e. The maximum atomic E-state index is 8.80. The van der Waals surface area contributed by atoms with Gasteiger partial charge in [0.1, 0.15) is 0 Å². The molecular formula is C2H12O2Si3. The first-order valence-electron chi connectivity index (χ1n) is 2.49. The van der Waals surface area contributed by atoms with Gasteiger partial charge in [-0.2, -0.15) is 0 Å². The molecule has 0 heterocycles. The molecule has 0 bridgehead atoms. The SMILES string of the molecule is C[SiH](O)[SiH2][SiH](C)O. The van der Waals surface area contributed by atoms with Crippen molar-refractivity contribution in [3.8, 4) is 0 Å². The minimum absolute atomic E-state index is 0.330. The highest BCUT2D eigenvalue weighted by molar-refractivity contribution is 7.37. The van der Waals surface area contributed by atoms with Crippen molar-refractivity contribution in [3.63, 3.8) is 0 Å². The van der Waals surface area contributed by atoms with Gasteiger partial charge in [-0.3, -0.25) is 0 Å². The van der Waals surface area contributed by atoms with Gasteiger partial charge in [0, 0.05) is 0 Å². The molecule has 0 fully saturated rings. The van der Waals surface area contributed by atoms with Crippen LogP contribution in [0.2, 0.25) is 13.1 Å². The quantitative estimate of drug-likeness (QED) is 0.443. The molecule has 0 aromatic rings. The van der Waals surface area contributed by atoms with E-state index >= 15 is 0 Å². The van der Waals surface area contributed by atoms with E-state index in [1.165, 1.54) is 0 Å². The largest absolute Gasteiger partial charge is 0.439 e. The van der Waals surface area contributed by atoms with Gasteiger partial charge >= 0.3 is 0 Å². The van der Waals surface area contributed by atoms with Crippen molar-refractivity contribution < 1.29 is 9.59 Å². The van der Waals surface area contributed by atoms with Crippen LogP contribution < -0.4 is 0 Å². The van der Waals surface area contributed by atoms with Crippen molar-refractivity contribution in [2.45, 2.75) is 13.1 Å². The lowest BCUT2D eigenvalue weighted by atomic mass is 11.9. The van der Waals surface area contributed by atoms with Crippen molar-refractivity contribution in [2.75, 3.05) is 0 Å². The summed E-state index contributed by atoms with van der Waals surface area (Å²) in [6, 6.07) is 0. The van der Waals surface area contributed by atoms with E-state index in [9.17, 15) is 0 Å². The van der Waals surface area contributed by atoms with Crippen LogP contribution in [0, 0.1) is 0 Å². The van der Waals surface area contributed by atoms with Gasteiger partial charge < -0.3 is 9.59 Å². The summed E-state index contributed by atoms with van der Waals surface area (Å²) in [5, 5.41) is 0. The van der Waals surface area contributed by atoms with Crippen LogP contribution in [0.15, 0.2) is 0 Å². The Morgan fingerprint density at radius 3 is 1.43 bits per heavy atom. The van der Waals surface area contributed by atoms with Crippen molar-refractivity contribution in [1.29, 1.82) is 0 Å². The van der Waals surface area contributed by atoms with Crippen molar-refractivity contribution in [1.82, 2.24) is 0 Å². The van der Waals surface area contributed by atoms with E-state index in [1.54, 1.807) is 0 Å². The van der Waals surface area contributed by atoms with E-state index in [0.717, 1.165) is 0 Å². The van der Waals surface area contributed by atoms with Crippen LogP contribution in [0.3, 0.4) is 0 Å². The number of hydrogen-bond acceptors (Lipinski definition) is 2. The third-order valence-corrected chi connectivity index (χ3v) is 18.4. The molecule has 2 nitrogen and oxygen atoms in total. The van der Waals surface area contributed by atoms with E-state index < -0.39 is 17.1 Å². The first-order chi connectivity index (χ1) is 3.13. The third kappa shape index (κ3) is 6.57. The van der Waals surface area contributed by atoms with Gasteiger partial charge in [-0.15, -0.1) is 0 Å². The Morgan fingerprint density at radius 1 is 1.14 bits per heavy atom. The average Bonchev–Trinajstić information content (AvgIpc) is 1.27. The third-order valence-electron chi connectivity index (χ3n) is 0.682. The summed E-state index contributed by atoms with van der Waals surface area (Å²) < 4.78 is 0. The van der Waals surface area contributed by atoms with Gasteiger partial charge in [-0.05, 0) is 0 Å². The lowest BCUT2D eigenvalue weighted by Gasteiger charge is -1.99. The van der Waals surface area contributed by atoms with Crippen LogP contribution in [-0.2, 0) is 0 Å². The summed E-state index contributed by atoms with van der Waals surface area (Å²) in [6.07, 6.45) is 0. The fourth-order valence-electron chi connectivity index (χ4n) is 0.494. The molecule has 2 N–H and O–H groups in total. The van der Waals surface area contributed by atoms with E-state index in [4.69, 9.17) is 9.59 Å². The Bertz CT molecular complexity index is 40.2. The van der Waals surface area contributed by atoms with Gasteiger partial charge in [0.15, 0.2) is 17.1 Å². The molecule has 0 spiro atoms. The average molecular weight is 152 g/mol. The van der Waals surface area contributed by atoms with Gasteiger partial charge in [-0.1, -0.05) is 13.1 Å². The highest BCUT2D eigenvalue weighted by atomic mass is 29.6. The standard InChI is InChI=1S/C2H12O2Si3/c1-6(3)5-7(2)4/h3-4,6-7H,5H2,1-2H3. The first-order valence-corrected chi connectivity index (χ1v) is 12.4. The van der Waals surface area contributed by atoms with Gasteiger partial charge in [0.25, 0.3) is 0 Å². The molecule has 0 aromatic heterocycles. The summed E-state index contributed by atoms with van der Waals surface area (Å²) in [7, 11) is -2.89. The van der Waals surface area contributed by atoms with E-state index in [-0.39, 0.29) is 8.55 Å². The van der Waals surface area contributed by atoms with Crippen LogP contribution in [-0.4, -0.2) is 35.3 Å². The topological polar surface area (TPSA) is 40.5 Å². The van der Waals surface area contributed by atoms with Crippen LogP contribution >= 0.6 is 0 Å². The fourth-order valence-corrected chi connectivity index (χ4v) is 13.3. The lowest BCUT2D eigenvalue weighted by molar-refractivity contribution is 0.592. The molecule has 0 saturated carbocycles. The second-order valence-electron chi connectivity index (χ2n) is 1.93. The minimum Gasteiger partial charge on any atom is -0.439 e. The highest BCUT2D eigenvalue weighted by Gasteiger charge is 2.05. The van der Waals surface area contributed by atoms with Gasteiger partial charge in [0.05, 0.1) is 8.55 Å². The summed E-state index contributed by atoms with van der Waals surface area (Å²) in [4.78, 5) is 17.6. The Kier molecular flexibility index (Phi) is 3.85. The van der Waals surface area contributed by atoms with Crippen molar-refractivity contribution in [2.24, 2.45) is 0 Å². The van der Waals surface area contributed by atoms with Crippen LogP contribution in [0.5, 0.6) is 0 Å². The molecule has 2 atom stereocenters. The number of hydrogen-bond donors (Lipinski definition) is 2.